The third-order valence-corrected chi connectivity index (χ3v) is 16.3. The molecule has 5 aromatic rings. The quantitative estimate of drug-likeness (QED) is 0.131. The third-order valence-electron chi connectivity index (χ3n) is 9.16. The van der Waals surface area contributed by atoms with Crippen molar-refractivity contribution in [1.82, 2.24) is 10.2 Å². The number of nitrogens with one attached hydrogen (secondary N) is 1. The molecule has 1 fully saturated rings. The van der Waals surface area contributed by atoms with E-state index in [1.54, 1.807) is 43.1 Å². The van der Waals surface area contributed by atoms with Crippen LogP contribution in [0.1, 0.15) is 24.0 Å². The van der Waals surface area contributed by atoms with Crippen molar-refractivity contribution in [2.75, 3.05) is 33.9 Å². The molecular weight excluding hydrogens is 878 g/mol. The van der Waals surface area contributed by atoms with Crippen LogP contribution in [0.25, 0.3) is 32.3 Å². The van der Waals surface area contributed by atoms with Crippen LogP contribution in [-0.4, -0.2) is 73.0 Å². The molecule has 5 aromatic carbocycles. The zero-order chi connectivity index (χ0) is 37.2. The number of aryl methyl sites for hydroxylation is 2. The summed E-state index contributed by atoms with van der Waals surface area (Å²) in [5, 5.41) is 7.11. The second kappa shape index (κ2) is 15.3. The fourth-order valence-electron chi connectivity index (χ4n) is 6.45. The Morgan fingerprint density at radius 3 is 2.00 bits per heavy atom. The Morgan fingerprint density at radius 2 is 1.45 bits per heavy atom. The van der Waals surface area contributed by atoms with Crippen molar-refractivity contribution in [1.29, 1.82) is 0 Å². The molecule has 51 heavy (non-hydrogen) atoms. The first kappa shape index (κ1) is 38.2. The molecule has 0 radical (unpaired) electrons. The van der Waals surface area contributed by atoms with Gasteiger partial charge in [0, 0.05) is 42.2 Å². The number of rotatable bonds is 8. The fourth-order valence-corrected chi connectivity index (χ4v) is 11.3. The van der Waals surface area contributed by atoms with Gasteiger partial charge in [-0.2, -0.15) is 0 Å². The molecule has 1 heterocycles. The van der Waals surface area contributed by atoms with Crippen LogP contribution in [0.15, 0.2) is 65.6 Å². The topological polar surface area (TPSA) is 142 Å². The molecule has 1 N–H and O–H groups in total. The van der Waals surface area contributed by atoms with Gasteiger partial charge in [-0.15, -0.1) is 0 Å². The molecule has 10 nitrogen and oxygen atoms in total. The molecule has 0 atom stereocenters. The average molecular weight is 912 g/mol. The van der Waals surface area contributed by atoms with Crippen LogP contribution in [0.3, 0.4) is 0 Å². The number of hydrogen-bond acceptors (Lipinski definition) is 8. The van der Waals surface area contributed by atoms with Crippen molar-refractivity contribution in [3.63, 3.8) is 0 Å². The molecule has 0 saturated carbocycles. The van der Waals surface area contributed by atoms with Crippen molar-refractivity contribution >= 4 is 60.6 Å². The Labute approximate surface area is 304 Å². The standard InChI is InChI=1S/C27H28N2O6S.C7H7O.C2F3O.Hg/c1-15-12-22(35-14-24(30)29-10-8-17(9-11-29)27(31)28-3)20-6-7-21-23(36(32,33)34)13-16(2)19-5-4-18(15)25(20)26(19)21;1-8-7-5-3-2-4-6-7;3-2(4,5)1-6;/h4-7,12-13,17H,8-11,14H2,1-3H3,(H,28,31)(H,32,33,34);3-6H,1H3;;/p-1. The molecule has 6 rings (SSSR count). The van der Waals surface area contributed by atoms with Gasteiger partial charge < -0.3 is 19.5 Å². The molecule has 0 bridgehead atoms. The maximum absolute atomic E-state index is 12.9. The average Bonchev–Trinajstić information content (AvgIpc) is 3.10. The molecule has 15 heteroatoms. The van der Waals surface area contributed by atoms with Crippen molar-refractivity contribution in [3.05, 3.63) is 71.8 Å². The van der Waals surface area contributed by atoms with Crippen LogP contribution in [0.4, 0.5) is 13.2 Å². The Hall–Kier alpha value is -4.01. The van der Waals surface area contributed by atoms with Gasteiger partial charge in [-0.25, -0.2) is 8.42 Å². The van der Waals surface area contributed by atoms with Crippen molar-refractivity contribution in [3.8, 4) is 11.5 Å². The van der Waals surface area contributed by atoms with Gasteiger partial charge in [0.2, 0.25) is 5.91 Å². The number of halogens is 3. The minimum atomic E-state index is -4.67. The Morgan fingerprint density at radius 1 is 0.902 bits per heavy atom. The van der Waals surface area contributed by atoms with Gasteiger partial charge in [0.1, 0.15) is 15.9 Å². The molecule has 0 aromatic heterocycles. The number of methoxy groups -OCH3 is 1. The molecule has 0 spiro atoms. The Bertz CT molecular complexity index is 2220. The number of ether oxygens (including phenoxy) is 2. The van der Waals surface area contributed by atoms with E-state index in [-0.39, 0.29) is 29.2 Å². The van der Waals surface area contributed by atoms with Gasteiger partial charge >= 0.3 is 96.9 Å². The summed E-state index contributed by atoms with van der Waals surface area (Å²) in [4.78, 5) is 36.9. The maximum atomic E-state index is 12.9. The van der Waals surface area contributed by atoms with E-state index in [0.29, 0.717) is 56.8 Å². The first-order valence-electron chi connectivity index (χ1n) is 16.1. The normalized spacial score (nSPS) is 13.8. The summed E-state index contributed by atoms with van der Waals surface area (Å²) < 4.78 is 81.9. The number of nitrogens with zero attached hydrogens (tertiary/aromatic N) is 1. The summed E-state index contributed by atoms with van der Waals surface area (Å²) in [5.74, 6) is 0.879. The Kier molecular flexibility index (Phi) is 11.5. The summed E-state index contributed by atoms with van der Waals surface area (Å²) in [5.41, 5.74) is 1.62. The van der Waals surface area contributed by atoms with Crippen LogP contribution in [0, 0.1) is 19.8 Å². The van der Waals surface area contributed by atoms with E-state index in [0.717, 1.165) is 27.1 Å². The van der Waals surface area contributed by atoms with Crippen LogP contribution < -0.4 is 17.9 Å². The fraction of sp³-hybridized carbons (Fsp3) is 0.306. The number of carbonyl (C=O) groups is 3. The van der Waals surface area contributed by atoms with Crippen LogP contribution in [-0.2, 0) is 49.1 Å². The van der Waals surface area contributed by atoms with Gasteiger partial charge in [0.15, 0.2) is 6.61 Å². The number of piperidine rings is 1. The predicted molar refractivity (Wildman–Crippen MR) is 180 cm³/mol. The van der Waals surface area contributed by atoms with E-state index in [4.69, 9.17) is 9.47 Å². The van der Waals surface area contributed by atoms with Crippen molar-refractivity contribution < 1.29 is 74.6 Å². The first-order chi connectivity index (χ1) is 24.0. The van der Waals surface area contributed by atoms with E-state index in [1.165, 1.54) is 25.3 Å². The summed E-state index contributed by atoms with van der Waals surface area (Å²) in [6.45, 7) is 4.58. The van der Waals surface area contributed by atoms with E-state index < -0.39 is 44.2 Å². The summed E-state index contributed by atoms with van der Waals surface area (Å²) >= 11 is -2.72. The minimum absolute atomic E-state index is 0.00522. The number of likely N-dealkylation sites (tertiary alicyclic amines) is 1. The number of benzene rings is 5. The number of amides is 2. The van der Waals surface area contributed by atoms with E-state index in [2.05, 4.69) is 5.32 Å². The van der Waals surface area contributed by atoms with E-state index in [9.17, 15) is 40.5 Å². The number of carbonyl (C=O) groups excluding carboxylic acids is 3. The van der Waals surface area contributed by atoms with Crippen molar-refractivity contribution in [2.24, 2.45) is 5.92 Å². The first-order valence-corrected chi connectivity index (χ1v) is 23.0. The molecule has 1 aliphatic heterocycles. The molecule has 1 saturated heterocycles. The molecule has 0 unspecified atom stereocenters. The van der Waals surface area contributed by atoms with Gasteiger partial charge in [-0.3, -0.25) is 9.59 Å². The van der Waals surface area contributed by atoms with Gasteiger partial charge in [-0.05, 0) is 72.2 Å². The van der Waals surface area contributed by atoms with Gasteiger partial charge in [0.05, 0.1) is 4.90 Å². The number of alkyl halides is 3. The second-order valence-corrected chi connectivity index (χ2v) is 20.8. The zero-order valence-corrected chi connectivity index (χ0v) is 34.7. The number of hydrogen-bond donors (Lipinski definition) is 1. The van der Waals surface area contributed by atoms with Crippen LogP contribution in [0.5, 0.6) is 11.5 Å². The second-order valence-electron chi connectivity index (χ2n) is 12.4. The zero-order valence-electron chi connectivity index (χ0n) is 28.3. The van der Waals surface area contributed by atoms with Gasteiger partial charge in [-0.1, -0.05) is 18.2 Å². The van der Waals surface area contributed by atoms with Gasteiger partial charge in [0.25, 0.3) is 5.91 Å². The molecular formula is C36H34F3HgN2O8S-. The van der Waals surface area contributed by atoms with Crippen molar-refractivity contribution in [2.45, 2.75) is 37.8 Å². The van der Waals surface area contributed by atoms with E-state index >= 15 is 0 Å². The monoisotopic (exact) mass is 913 g/mol. The summed E-state index contributed by atoms with van der Waals surface area (Å²) in [6, 6.07) is 16.8. The van der Waals surface area contributed by atoms with Crippen LogP contribution >= 0.6 is 0 Å². The van der Waals surface area contributed by atoms with E-state index in [1.807, 2.05) is 25.1 Å². The SMILES string of the molecule is CNC(=O)C1CCN(C(=O)COc2cc(C)c3ccc4c(C)cc(S(=O)(=O)[O-])c5ccc2c3c45)CC1.COc1cc[c]([Hg][C](=O)C(F)(F)F)cc1. The molecule has 266 valence electrons. The molecule has 0 aliphatic carbocycles. The molecule has 2 amide bonds. The Balaban J connectivity index is 0.000000283. The molecule has 1 aliphatic rings. The predicted octanol–water partition coefficient (Wildman–Crippen LogP) is 4.96. The third kappa shape index (κ3) is 8.39. The summed E-state index contributed by atoms with van der Waals surface area (Å²) in [7, 11) is -1.58. The van der Waals surface area contributed by atoms with Crippen LogP contribution in [0.2, 0.25) is 0 Å². The summed E-state index contributed by atoms with van der Waals surface area (Å²) in [6.07, 6.45) is -3.43.